The summed E-state index contributed by atoms with van der Waals surface area (Å²) >= 11 is 2.00. The predicted octanol–water partition coefficient (Wildman–Crippen LogP) is 3.27. The molecule has 1 aromatic rings. The molecule has 6 nitrogen and oxygen atoms in total. The minimum Gasteiger partial charge on any atom is -0.444 e. The standard InChI is InChI=1S/C13H17IN4O2/c1-13(2,3)20-12(19)18-10(7-15)11(14)17-9-5-4-6-16-8-9/h4-8,15,17H,1-3H3,(H,18,19)/b11-10+,15-7?. The number of nitrogens with zero attached hydrogens (tertiary/aromatic N) is 1. The normalized spacial score (nSPS) is 12.2. The second-order valence-corrected chi connectivity index (χ2v) is 5.94. The molecule has 7 heteroatoms. The molecule has 1 aromatic heterocycles. The zero-order valence-electron chi connectivity index (χ0n) is 11.5. The molecule has 0 radical (unpaired) electrons. The fourth-order valence-corrected chi connectivity index (χ4v) is 1.80. The molecule has 0 fully saturated rings. The van der Waals surface area contributed by atoms with E-state index in [2.05, 4.69) is 15.6 Å². The summed E-state index contributed by atoms with van der Waals surface area (Å²) in [7, 11) is 0. The predicted molar refractivity (Wildman–Crippen MR) is 87.1 cm³/mol. The van der Waals surface area contributed by atoms with Gasteiger partial charge < -0.3 is 15.5 Å². The van der Waals surface area contributed by atoms with Crippen molar-refractivity contribution in [1.82, 2.24) is 10.3 Å². The molecule has 0 aliphatic heterocycles. The fourth-order valence-electron chi connectivity index (χ4n) is 1.20. The second kappa shape index (κ2) is 7.22. The van der Waals surface area contributed by atoms with E-state index in [4.69, 9.17) is 10.1 Å². The summed E-state index contributed by atoms with van der Waals surface area (Å²) in [6.07, 6.45) is 3.76. The third kappa shape index (κ3) is 6.00. The number of carbonyl (C=O) groups is 1. The number of carbonyl (C=O) groups excluding carboxylic acids is 1. The van der Waals surface area contributed by atoms with Crippen LogP contribution in [-0.2, 0) is 4.74 Å². The fraction of sp³-hybridized carbons (Fsp3) is 0.308. The van der Waals surface area contributed by atoms with E-state index in [0.717, 1.165) is 11.9 Å². The summed E-state index contributed by atoms with van der Waals surface area (Å²) in [6.45, 7) is 5.33. The lowest BCUT2D eigenvalue weighted by molar-refractivity contribution is 0.0549. The monoisotopic (exact) mass is 388 g/mol. The molecule has 0 unspecified atom stereocenters. The molecule has 3 N–H and O–H groups in total. The zero-order chi connectivity index (χ0) is 15.2. The topological polar surface area (TPSA) is 87.1 Å². The van der Waals surface area contributed by atoms with Gasteiger partial charge in [0.25, 0.3) is 0 Å². The van der Waals surface area contributed by atoms with Gasteiger partial charge in [0, 0.05) is 12.4 Å². The van der Waals surface area contributed by atoms with Crippen LogP contribution in [0.15, 0.2) is 33.9 Å². The second-order valence-electron chi connectivity index (χ2n) is 4.87. The Morgan fingerprint density at radius 3 is 2.70 bits per heavy atom. The highest BCUT2D eigenvalue weighted by Crippen LogP contribution is 2.15. The number of anilines is 1. The number of halogens is 1. The molecule has 1 amide bonds. The smallest absolute Gasteiger partial charge is 0.412 e. The number of alkyl carbamates (subject to hydrolysis) is 1. The first-order chi connectivity index (χ1) is 9.31. The molecule has 0 aliphatic carbocycles. The Kier molecular flexibility index (Phi) is 5.93. The molecular weight excluding hydrogens is 371 g/mol. The van der Waals surface area contributed by atoms with Crippen LogP contribution in [0.3, 0.4) is 0 Å². The third-order valence-corrected chi connectivity index (χ3v) is 2.78. The molecule has 0 aromatic carbocycles. The molecular formula is C13H17IN4O2. The molecule has 108 valence electrons. The zero-order valence-corrected chi connectivity index (χ0v) is 13.7. The maximum absolute atomic E-state index is 11.7. The van der Waals surface area contributed by atoms with E-state index in [1.165, 1.54) is 0 Å². The van der Waals surface area contributed by atoms with Crippen LogP contribution in [0, 0.1) is 5.41 Å². The van der Waals surface area contributed by atoms with Gasteiger partial charge in [0.05, 0.1) is 17.6 Å². The minimum absolute atomic E-state index is 0.323. The van der Waals surface area contributed by atoms with Crippen molar-refractivity contribution in [3.8, 4) is 0 Å². The van der Waals surface area contributed by atoms with Gasteiger partial charge in [0.2, 0.25) is 0 Å². The van der Waals surface area contributed by atoms with Crippen molar-refractivity contribution in [2.45, 2.75) is 26.4 Å². The van der Waals surface area contributed by atoms with Gasteiger partial charge in [-0.05, 0) is 55.5 Å². The van der Waals surface area contributed by atoms with Crippen LogP contribution in [-0.4, -0.2) is 22.9 Å². The molecule has 0 aliphatic rings. The number of ether oxygens (including phenoxy) is 1. The summed E-state index contributed by atoms with van der Waals surface area (Å²) in [6, 6.07) is 3.62. The minimum atomic E-state index is -0.599. The molecule has 20 heavy (non-hydrogen) atoms. The number of nitrogens with one attached hydrogen (secondary N) is 3. The van der Waals surface area contributed by atoms with Gasteiger partial charge in [0.15, 0.2) is 0 Å². The van der Waals surface area contributed by atoms with Gasteiger partial charge >= 0.3 is 6.09 Å². The Morgan fingerprint density at radius 2 is 2.20 bits per heavy atom. The number of hydrogen-bond acceptors (Lipinski definition) is 5. The Balaban J connectivity index is 2.75. The lowest BCUT2D eigenvalue weighted by atomic mass is 10.2. The van der Waals surface area contributed by atoms with Crippen LogP contribution < -0.4 is 10.6 Å². The number of hydrogen-bond donors (Lipinski definition) is 3. The van der Waals surface area contributed by atoms with Crippen LogP contribution in [0.1, 0.15) is 20.8 Å². The molecule has 1 heterocycles. The highest BCUT2D eigenvalue weighted by atomic mass is 127. The lowest BCUT2D eigenvalue weighted by Crippen LogP contribution is -2.33. The molecule has 0 bridgehead atoms. The average Bonchev–Trinajstić information content (AvgIpc) is 2.35. The molecule has 0 saturated carbocycles. The highest BCUT2D eigenvalue weighted by Gasteiger charge is 2.17. The van der Waals surface area contributed by atoms with Crippen LogP contribution in [0.25, 0.3) is 0 Å². The van der Waals surface area contributed by atoms with E-state index in [0.29, 0.717) is 9.40 Å². The highest BCUT2D eigenvalue weighted by molar-refractivity contribution is 14.1. The maximum Gasteiger partial charge on any atom is 0.412 e. The first-order valence-corrected chi connectivity index (χ1v) is 6.97. The summed E-state index contributed by atoms with van der Waals surface area (Å²) in [5.41, 5.74) is 0.505. The van der Waals surface area contributed by atoms with Crippen LogP contribution >= 0.6 is 22.6 Å². The molecule has 0 atom stereocenters. The van der Waals surface area contributed by atoms with Crippen molar-refractivity contribution in [3.63, 3.8) is 0 Å². The van der Waals surface area contributed by atoms with Crippen LogP contribution in [0.2, 0.25) is 0 Å². The van der Waals surface area contributed by atoms with Gasteiger partial charge in [-0.25, -0.2) is 4.79 Å². The summed E-state index contributed by atoms with van der Waals surface area (Å²) in [5.74, 6) is 0. The number of amides is 1. The van der Waals surface area contributed by atoms with E-state index >= 15 is 0 Å². The van der Waals surface area contributed by atoms with E-state index in [1.807, 2.05) is 28.7 Å². The number of pyridine rings is 1. The van der Waals surface area contributed by atoms with Crippen molar-refractivity contribution < 1.29 is 9.53 Å². The lowest BCUT2D eigenvalue weighted by Gasteiger charge is -2.20. The number of allylic oxidation sites excluding steroid dienone is 1. The van der Waals surface area contributed by atoms with Gasteiger partial charge in [0.1, 0.15) is 9.30 Å². The van der Waals surface area contributed by atoms with E-state index < -0.39 is 11.7 Å². The Bertz CT molecular complexity index is 509. The number of rotatable bonds is 4. The molecule has 1 rings (SSSR count). The van der Waals surface area contributed by atoms with Gasteiger partial charge in [-0.3, -0.25) is 10.3 Å². The Morgan fingerprint density at radius 1 is 1.50 bits per heavy atom. The number of aromatic nitrogens is 1. The van der Waals surface area contributed by atoms with Gasteiger partial charge in [-0.1, -0.05) is 0 Å². The van der Waals surface area contributed by atoms with E-state index in [-0.39, 0.29) is 0 Å². The third-order valence-electron chi connectivity index (χ3n) is 1.93. The van der Waals surface area contributed by atoms with E-state index in [1.54, 1.807) is 39.2 Å². The molecule has 0 saturated heterocycles. The quantitative estimate of drug-likeness (QED) is 0.420. The maximum atomic E-state index is 11.7. The van der Waals surface area contributed by atoms with Gasteiger partial charge in [-0.2, -0.15) is 0 Å². The van der Waals surface area contributed by atoms with Crippen molar-refractivity contribution >= 4 is 40.6 Å². The molecule has 0 spiro atoms. The first-order valence-electron chi connectivity index (χ1n) is 5.89. The van der Waals surface area contributed by atoms with Crippen molar-refractivity contribution in [1.29, 1.82) is 5.41 Å². The Hall–Kier alpha value is -1.64. The summed E-state index contributed by atoms with van der Waals surface area (Å²) in [4.78, 5) is 15.6. The van der Waals surface area contributed by atoms with Crippen molar-refractivity contribution in [2.24, 2.45) is 0 Å². The van der Waals surface area contributed by atoms with Gasteiger partial charge in [-0.15, -0.1) is 0 Å². The average molecular weight is 388 g/mol. The summed E-state index contributed by atoms with van der Waals surface area (Å²) in [5, 5.41) is 12.9. The van der Waals surface area contributed by atoms with Crippen LogP contribution in [0.5, 0.6) is 0 Å². The van der Waals surface area contributed by atoms with Crippen molar-refractivity contribution in [2.75, 3.05) is 5.32 Å². The van der Waals surface area contributed by atoms with E-state index in [9.17, 15) is 4.79 Å². The summed E-state index contributed by atoms with van der Waals surface area (Å²) < 4.78 is 5.73. The van der Waals surface area contributed by atoms with Crippen LogP contribution in [0.4, 0.5) is 10.5 Å². The Labute approximate surface area is 131 Å². The SMILES string of the molecule is CC(C)(C)OC(=O)N/C(C=N)=C(\I)Nc1cccnc1. The van der Waals surface area contributed by atoms with Crippen molar-refractivity contribution in [3.05, 3.63) is 33.9 Å². The first kappa shape index (κ1) is 16.4. The largest absolute Gasteiger partial charge is 0.444 e.